The van der Waals surface area contributed by atoms with Gasteiger partial charge in [-0.15, -0.1) is 0 Å². The molecule has 1 aromatic carbocycles. The fourth-order valence-electron chi connectivity index (χ4n) is 1.99. The van der Waals surface area contributed by atoms with Crippen LogP contribution in [-0.4, -0.2) is 25.8 Å². The van der Waals surface area contributed by atoms with E-state index < -0.39 is 20.8 Å². The number of fused-ring (bicyclic) bond motifs is 1. The van der Waals surface area contributed by atoms with Crippen LogP contribution in [0.2, 0.25) is 0 Å². The molecule has 0 spiro atoms. The molecular formula is C10H12N2O4S. The predicted molar refractivity (Wildman–Crippen MR) is 62.9 cm³/mol. The summed E-state index contributed by atoms with van der Waals surface area (Å²) in [5.74, 6) is -1.05. The molecule has 6 nitrogen and oxygen atoms in total. The van der Waals surface area contributed by atoms with Crippen molar-refractivity contribution in [1.82, 2.24) is 0 Å². The first-order chi connectivity index (χ1) is 8.00. The fraction of sp³-hybridized carbons (Fsp3) is 0.400. The number of nitro groups is 1. The summed E-state index contributed by atoms with van der Waals surface area (Å²) in [5, 5.41) is 10.4. The molecule has 0 aliphatic carbocycles. The molecule has 17 heavy (non-hydrogen) atoms. The molecule has 7 heteroatoms. The zero-order valence-corrected chi connectivity index (χ0v) is 9.89. The van der Waals surface area contributed by atoms with Crippen molar-refractivity contribution in [2.45, 2.75) is 12.8 Å². The molecule has 0 amide bonds. The van der Waals surface area contributed by atoms with Crippen molar-refractivity contribution in [3.63, 3.8) is 0 Å². The van der Waals surface area contributed by atoms with E-state index in [1.807, 2.05) is 12.1 Å². The highest BCUT2D eigenvalue weighted by Gasteiger charge is 2.30. The fourth-order valence-corrected chi connectivity index (χ4v) is 3.28. The largest absolute Gasteiger partial charge is 0.320 e. The number of nitrogens with zero attached hydrogens (tertiary/aromatic N) is 2. The first-order valence-electron chi connectivity index (χ1n) is 5.21. The van der Waals surface area contributed by atoms with Gasteiger partial charge in [-0.3, -0.25) is 14.4 Å². The van der Waals surface area contributed by atoms with E-state index in [9.17, 15) is 18.5 Å². The SMILES string of the molecule is O=[N+]([O-])CS(=O)(=O)N1CCCc2ccccc21. The van der Waals surface area contributed by atoms with Gasteiger partial charge in [-0.2, -0.15) is 8.42 Å². The molecule has 1 heterocycles. The zero-order chi connectivity index (χ0) is 12.5. The van der Waals surface area contributed by atoms with Crippen LogP contribution in [0.25, 0.3) is 0 Å². The third kappa shape index (κ3) is 2.38. The van der Waals surface area contributed by atoms with Crippen LogP contribution >= 0.6 is 0 Å². The maximum Gasteiger partial charge on any atom is 0.320 e. The Morgan fingerprint density at radius 1 is 1.35 bits per heavy atom. The van der Waals surface area contributed by atoms with Crippen LogP contribution in [0.1, 0.15) is 12.0 Å². The zero-order valence-electron chi connectivity index (χ0n) is 9.07. The number of benzene rings is 1. The number of hydrogen-bond acceptors (Lipinski definition) is 4. The Bertz CT molecular complexity index is 541. The maximum absolute atomic E-state index is 11.8. The summed E-state index contributed by atoms with van der Waals surface area (Å²) >= 11 is 0. The normalized spacial score (nSPS) is 15.4. The smallest absolute Gasteiger partial charge is 0.265 e. The number of anilines is 1. The second-order valence-corrected chi connectivity index (χ2v) is 5.74. The van der Waals surface area contributed by atoms with Gasteiger partial charge >= 0.3 is 15.9 Å². The number of aryl methyl sites for hydroxylation is 1. The molecule has 1 aliphatic rings. The Balaban J connectivity index is 2.39. The van der Waals surface area contributed by atoms with Gasteiger partial charge in [-0.25, -0.2) is 0 Å². The van der Waals surface area contributed by atoms with E-state index in [0.29, 0.717) is 18.7 Å². The van der Waals surface area contributed by atoms with Crippen molar-refractivity contribution < 1.29 is 13.3 Å². The molecule has 0 aromatic heterocycles. The number of hydrogen-bond donors (Lipinski definition) is 0. The monoisotopic (exact) mass is 256 g/mol. The highest BCUT2D eigenvalue weighted by atomic mass is 32.2. The summed E-state index contributed by atoms with van der Waals surface area (Å²) in [5.41, 5.74) is 1.49. The second kappa shape index (κ2) is 4.33. The van der Waals surface area contributed by atoms with Gasteiger partial charge in [0.05, 0.1) is 5.69 Å². The van der Waals surface area contributed by atoms with Crippen LogP contribution in [0, 0.1) is 10.1 Å². The summed E-state index contributed by atoms with van der Waals surface area (Å²) in [6.07, 6.45) is 1.49. The van der Waals surface area contributed by atoms with Gasteiger partial charge in [0.1, 0.15) is 0 Å². The highest BCUT2D eigenvalue weighted by Crippen LogP contribution is 2.28. The lowest BCUT2D eigenvalue weighted by molar-refractivity contribution is -0.458. The van der Waals surface area contributed by atoms with Crippen molar-refractivity contribution in [1.29, 1.82) is 0 Å². The van der Waals surface area contributed by atoms with Gasteiger partial charge in [0.15, 0.2) is 0 Å². The first-order valence-corrected chi connectivity index (χ1v) is 6.82. The molecule has 2 rings (SSSR count). The first kappa shape index (κ1) is 11.8. The Hall–Kier alpha value is -1.63. The van der Waals surface area contributed by atoms with E-state index in [0.717, 1.165) is 16.3 Å². The van der Waals surface area contributed by atoms with Gasteiger partial charge in [-0.05, 0) is 24.5 Å². The third-order valence-corrected chi connectivity index (χ3v) is 4.26. The van der Waals surface area contributed by atoms with Crippen molar-refractivity contribution >= 4 is 15.7 Å². The Kier molecular flexibility index (Phi) is 3.01. The molecule has 0 fully saturated rings. The molecule has 0 N–H and O–H groups in total. The maximum atomic E-state index is 11.8. The van der Waals surface area contributed by atoms with E-state index in [2.05, 4.69) is 0 Å². The quantitative estimate of drug-likeness (QED) is 0.597. The topological polar surface area (TPSA) is 80.5 Å². The molecular weight excluding hydrogens is 244 g/mol. The van der Waals surface area contributed by atoms with Gasteiger partial charge in [0, 0.05) is 11.5 Å². The Morgan fingerprint density at radius 3 is 2.76 bits per heavy atom. The van der Waals surface area contributed by atoms with Crippen LogP contribution in [0.3, 0.4) is 0 Å². The summed E-state index contributed by atoms with van der Waals surface area (Å²) in [4.78, 5) is 9.56. The minimum Gasteiger partial charge on any atom is -0.265 e. The van der Waals surface area contributed by atoms with Gasteiger partial charge in [0.25, 0.3) is 0 Å². The van der Waals surface area contributed by atoms with Crippen molar-refractivity contribution in [2.24, 2.45) is 0 Å². The van der Waals surface area contributed by atoms with E-state index in [-0.39, 0.29) is 0 Å². The minimum absolute atomic E-state index is 0.313. The summed E-state index contributed by atoms with van der Waals surface area (Å²) in [6.45, 7) is 0.313. The van der Waals surface area contributed by atoms with E-state index in [1.54, 1.807) is 12.1 Å². The van der Waals surface area contributed by atoms with E-state index >= 15 is 0 Å². The average Bonchev–Trinajstić information content (AvgIpc) is 2.26. The van der Waals surface area contributed by atoms with Gasteiger partial charge < -0.3 is 0 Å². The molecule has 1 aliphatic heterocycles. The van der Waals surface area contributed by atoms with Crippen LogP contribution in [0.5, 0.6) is 0 Å². The third-order valence-electron chi connectivity index (χ3n) is 2.67. The summed E-state index contributed by atoms with van der Waals surface area (Å²) in [7, 11) is -3.86. The van der Waals surface area contributed by atoms with Gasteiger partial charge in [-0.1, -0.05) is 18.2 Å². The second-order valence-electron chi connectivity index (χ2n) is 3.88. The standard InChI is InChI=1S/C10H12N2O4S/c13-12(14)8-17(15,16)11-7-3-5-9-4-1-2-6-10(9)11/h1-2,4,6H,3,5,7-8H2. The molecule has 0 unspecified atom stereocenters. The number of rotatable bonds is 3. The molecule has 0 radical (unpaired) electrons. The van der Waals surface area contributed by atoms with Crippen molar-refractivity contribution in [3.8, 4) is 0 Å². The van der Waals surface area contributed by atoms with Crippen LogP contribution in [0.4, 0.5) is 5.69 Å². The average molecular weight is 256 g/mol. The van der Waals surface area contributed by atoms with E-state index in [1.165, 1.54) is 0 Å². The summed E-state index contributed by atoms with van der Waals surface area (Å²) in [6, 6.07) is 7.11. The van der Waals surface area contributed by atoms with Crippen LogP contribution in [0.15, 0.2) is 24.3 Å². The summed E-state index contributed by atoms with van der Waals surface area (Å²) < 4.78 is 24.8. The molecule has 0 saturated heterocycles. The predicted octanol–water partition coefficient (Wildman–Crippen LogP) is 1.00. The van der Waals surface area contributed by atoms with Crippen molar-refractivity contribution in [2.75, 3.05) is 16.7 Å². The molecule has 0 saturated carbocycles. The Morgan fingerprint density at radius 2 is 2.06 bits per heavy atom. The highest BCUT2D eigenvalue weighted by molar-refractivity contribution is 7.92. The number of para-hydroxylation sites is 1. The van der Waals surface area contributed by atoms with Crippen LogP contribution in [-0.2, 0) is 16.4 Å². The van der Waals surface area contributed by atoms with Gasteiger partial charge in [0.2, 0.25) is 0 Å². The van der Waals surface area contributed by atoms with Crippen LogP contribution < -0.4 is 4.31 Å². The molecule has 0 bridgehead atoms. The lowest BCUT2D eigenvalue weighted by Crippen LogP contribution is -2.38. The van der Waals surface area contributed by atoms with E-state index in [4.69, 9.17) is 0 Å². The molecule has 1 aromatic rings. The molecule has 0 atom stereocenters. The lowest BCUT2D eigenvalue weighted by atomic mass is 10.0. The number of sulfonamides is 1. The lowest BCUT2D eigenvalue weighted by Gasteiger charge is -2.28. The van der Waals surface area contributed by atoms with Crippen molar-refractivity contribution in [3.05, 3.63) is 39.9 Å². The molecule has 92 valence electrons. The Labute approximate surface area is 99.1 Å². The minimum atomic E-state index is -3.86.